The number of ether oxygens (including phenoxy) is 1. The van der Waals surface area contributed by atoms with Gasteiger partial charge in [-0.3, -0.25) is 0 Å². The molecule has 0 aromatic carbocycles. The Morgan fingerprint density at radius 3 is 2.56 bits per heavy atom. The highest BCUT2D eigenvalue weighted by Crippen LogP contribution is 2.24. The summed E-state index contributed by atoms with van der Waals surface area (Å²) in [6, 6.07) is 1.71. The summed E-state index contributed by atoms with van der Waals surface area (Å²) in [5.74, 6) is 0. The van der Waals surface area contributed by atoms with Crippen molar-refractivity contribution >= 4 is 21.4 Å². The number of methoxy groups -OCH3 is 1. The fraction of sp³-hybridized carbons (Fsp3) is 0.636. The molecule has 0 aliphatic rings. The van der Waals surface area contributed by atoms with Gasteiger partial charge in [0.2, 0.25) is 10.0 Å². The third-order valence-electron chi connectivity index (χ3n) is 2.36. The molecule has 0 aliphatic heterocycles. The highest BCUT2D eigenvalue weighted by atomic mass is 32.2. The molecule has 104 valence electrons. The van der Waals surface area contributed by atoms with Gasteiger partial charge in [0.25, 0.3) is 0 Å². The summed E-state index contributed by atoms with van der Waals surface area (Å²) in [4.78, 5) is 2.22. The maximum Gasteiger partial charge on any atom is 0.241 e. The lowest BCUT2D eigenvalue weighted by molar-refractivity contribution is 0.199. The fourth-order valence-corrected chi connectivity index (χ4v) is 4.11. The van der Waals surface area contributed by atoms with E-state index in [1.54, 1.807) is 13.2 Å². The zero-order valence-electron chi connectivity index (χ0n) is 10.9. The van der Waals surface area contributed by atoms with Crippen LogP contribution in [0.25, 0.3) is 0 Å². The first-order valence-corrected chi connectivity index (χ1v) is 8.03. The molecular weight excluding hydrogens is 272 g/mol. The molecule has 1 aromatic heterocycles. The van der Waals surface area contributed by atoms with Crippen LogP contribution >= 0.6 is 11.3 Å². The Bertz CT molecular complexity index is 469. The maximum atomic E-state index is 12.0. The molecule has 0 atom stereocenters. The van der Waals surface area contributed by atoms with Crippen LogP contribution in [0.2, 0.25) is 0 Å². The van der Waals surface area contributed by atoms with Crippen molar-refractivity contribution in [2.24, 2.45) is 0 Å². The van der Waals surface area contributed by atoms with Gasteiger partial charge >= 0.3 is 0 Å². The summed E-state index contributed by atoms with van der Waals surface area (Å²) < 4.78 is 31.5. The molecule has 0 bridgehead atoms. The molecule has 0 spiro atoms. The first-order chi connectivity index (χ1) is 8.47. The fourth-order valence-electron chi connectivity index (χ4n) is 1.53. The van der Waals surface area contributed by atoms with Crippen LogP contribution in [0.3, 0.4) is 0 Å². The second-order valence-corrected chi connectivity index (χ2v) is 7.11. The van der Waals surface area contributed by atoms with Crippen molar-refractivity contribution in [3.8, 4) is 0 Å². The zero-order valence-corrected chi connectivity index (χ0v) is 12.6. The summed E-state index contributed by atoms with van der Waals surface area (Å²) >= 11 is 1.50. The second-order valence-electron chi connectivity index (χ2n) is 3.92. The van der Waals surface area contributed by atoms with Crippen molar-refractivity contribution in [1.29, 1.82) is 0 Å². The van der Waals surface area contributed by atoms with E-state index in [9.17, 15) is 8.42 Å². The van der Waals surface area contributed by atoms with E-state index < -0.39 is 10.0 Å². The van der Waals surface area contributed by atoms with Gasteiger partial charge in [0.1, 0.15) is 0 Å². The standard InChI is InChI=1S/C11H20N2O3S2/c1-9-8-11(10(2)17-9)18(14,15)13-5-4-12-6-7-16-3/h8,12-13H,4-7H2,1-3H3. The van der Waals surface area contributed by atoms with Crippen molar-refractivity contribution in [2.45, 2.75) is 18.7 Å². The van der Waals surface area contributed by atoms with Crippen LogP contribution in [-0.4, -0.2) is 41.8 Å². The minimum Gasteiger partial charge on any atom is -0.383 e. The number of rotatable bonds is 8. The van der Waals surface area contributed by atoms with Gasteiger partial charge in [-0.05, 0) is 19.9 Å². The lowest BCUT2D eigenvalue weighted by Crippen LogP contribution is -2.33. The molecule has 1 rings (SSSR count). The first kappa shape index (κ1) is 15.6. The molecule has 18 heavy (non-hydrogen) atoms. The van der Waals surface area contributed by atoms with Crippen molar-refractivity contribution < 1.29 is 13.2 Å². The third kappa shape index (κ3) is 4.66. The van der Waals surface area contributed by atoms with Gasteiger partial charge in [0.15, 0.2) is 0 Å². The first-order valence-electron chi connectivity index (χ1n) is 5.73. The summed E-state index contributed by atoms with van der Waals surface area (Å²) in [5.41, 5.74) is 0. The molecule has 0 fully saturated rings. The number of aryl methyl sites for hydroxylation is 2. The normalized spacial score (nSPS) is 11.9. The van der Waals surface area contributed by atoms with E-state index in [0.717, 1.165) is 16.3 Å². The lowest BCUT2D eigenvalue weighted by atomic mass is 10.4. The van der Waals surface area contributed by atoms with Crippen LogP contribution in [0.15, 0.2) is 11.0 Å². The Morgan fingerprint density at radius 1 is 1.28 bits per heavy atom. The quantitative estimate of drug-likeness (QED) is 0.698. The van der Waals surface area contributed by atoms with Gasteiger partial charge in [0.05, 0.1) is 11.5 Å². The predicted molar refractivity (Wildman–Crippen MR) is 73.7 cm³/mol. The average molecular weight is 292 g/mol. The van der Waals surface area contributed by atoms with Gasteiger partial charge in [-0.2, -0.15) is 0 Å². The van der Waals surface area contributed by atoms with Gasteiger partial charge in [-0.15, -0.1) is 11.3 Å². The summed E-state index contributed by atoms with van der Waals surface area (Å²) in [6.07, 6.45) is 0. The van der Waals surface area contributed by atoms with E-state index in [1.807, 2.05) is 13.8 Å². The van der Waals surface area contributed by atoms with Crippen molar-refractivity contribution in [3.63, 3.8) is 0 Å². The largest absolute Gasteiger partial charge is 0.383 e. The zero-order chi connectivity index (χ0) is 13.6. The molecule has 0 amide bonds. The summed E-state index contributed by atoms with van der Waals surface area (Å²) in [5, 5.41) is 3.08. The Morgan fingerprint density at radius 2 is 2.00 bits per heavy atom. The number of thiophene rings is 1. The smallest absolute Gasteiger partial charge is 0.241 e. The van der Waals surface area contributed by atoms with E-state index >= 15 is 0 Å². The maximum absolute atomic E-state index is 12.0. The van der Waals surface area contributed by atoms with Crippen LogP contribution in [0.5, 0.6) is 0 Å². The molecule has 1 heterocycles. The van der Waals surface area contributed by atoms with Crippen molar-refractivity contribution in [2.75, 3.05) is 33.4 Å². The number of sulfonamides is 1. The molecule has 2 N–H and O–H groups in total. The molecule has 0 saturated carbocycles. The lowest BCUT2D eigenvalue weighted by Gasteiger charge is -2.07. The van der Waals surface area contributed by atoms with Gasteiger partial charge < -0.3 is 10.1 Å². The monoisotopic (exact) mass is 292 g/mol. The van der Waals surface area contributed by atoms with Gasteiger partial charge in [-0.1, -0.05) is 0 Å². The Labute approximate surface area is 113 Å². The molecular formula is C11H20N2O3S2. The van der Waals surface area contributed by atoms with E-state index in [4.69, 9.17) is 4.74 Å². The highest BCUT2D eigenvalue weighted by molar-refractivity contribution is 7.89. The van der Waals surface area contributed by atoms with Crippen molar-refractivity contribution in [3.05, 3.63) is 15.8 Å². The molecule has 0 aliphatic carbocycles. The molecule has 1 aromatic rings. The van der Waals surface area contributed by atoms with Gasteiger partial charge in [0, 0.05) is 36.5 Å². The van der Waals surface area contributed by atoms with E-state index in [2.05, 4.69) is 10.0 Å². The number of nitrogens with one attached hydrogen (secondary N) is 2. The van der Waals surface area contributed by atoms with E-state index in [-0.39, 0.29) is 0 Å². The third-order valence-corrected chi connectivity index (χ3v) is 5.04. The van der Waals surface area contributed by atoms with E-state index in [0.29, 0.717) is 24.6 Å². The SMILES string of the molecule is COCCNCCNS(=O)(=O)c1cc(C)sc1C. The van der Waals surface area contributed by atoms with Crippen molar-refractivity contribution in [1.82, 2.24) is 10.0 Å². The average Bonchev–Trinajstić information content (AvgIpc) is 2.63. The molecule has 7 heteroatoms. The Kier molecular flexibility index (Phi) is 6.24. The molecule has 0 unspecified atom stereocenters. The van der Waals surface area contributed by atoms with E-state index in [1.165, 1.54) is 11.3 Å². The number of hydrogen-bond acceptors (Lipinski definition) is 5. The second kappa shape index (κ2) is 7.20. The highest BCUT2D eigenvalue weighted by Gasteiger charge is 2.18. The summed E-state index contributed by atoms with van der Waals surface area (Å²) in [7, 11) is -1.74. The predicted octanol–water partition coefficient (Wildman–Crippen LogP) is 0.879. The Hall–Kier alpha value is -0.470. The molecule has 0 saturated heterocycles. The van der Waals surface area contributed by atoms with Crippen LogP contribution in [0.4, 0.5) is 0 Å². The topological polar surface area (TPSA) is 67.4 Å². The van der Waals surface area contributed by atoms with Crippen LogP contribution in [-0.2, 0) is 14.8 Å². The summed E-state index contributed by atoms with van der Waals surface area (Å²) in [6.45, 7) is 6.03. The van der Waals surface area contributed by atoms with Gasteiger partial charge in [-0.25, -0.2) is 13.1 Å². The van der Waals surface area contributed by atoms with Crippen LogP contribution < -0.4 is 10.0 Å². The Balaban J connectivity index is 2.43. The molecule has 5 nitrogen and oxygen atoms in total. The minimum atomic E-state index is -3.37. The number of hydrogen-bond donors (Lipinski definition) is 2. The molecule has 0 radical (unpaired) electrons. The van der Waals surface area contributed by atoms with Crippen LogP contribution in [0.1, 0.15) is 9.75 Å². The minimum absolute atomic E-state index is 0.375. The van der Waals surface area contributed by atoms with Crippen LogP contribution in [0, 0.1) is 13.8 Å².